The van der Waals surface area contributed by atoms with E-state index < -0.39 is 11.9 Å². The Balaban J connectivity index is 1.07. The fourth-order valence-corrected chi connectivity index (χ4v) is 5.92. The minimum atomic E-state index is -0.655. The monoisotopic (exact) mass is 514 g/mol. The van der Waals surface area contributed by atoms with Gasteiger partial charge in [-0.05, 0) is 67.2 Å². The number of ether oxygens (including phenoxy) is 1. The number of nitrogens with zero attached hydrogens (tertiary/aromatic N) is 3. The number of benzene rings is 2. The third-order valence-corrected chi connectivity index (χ3v) is 8.37. The molecule has 2 saturated heterocycles. The van der Waals surface area contributed by atoms with Crippen molar-refractivity contribution in [2.45, 2.75) is 51.0 Å². The molecule has 3 aliphatic rings. The topological polar surface area (TPSA) is 112 Å². The zero-order chi connectivity index (χ0) is 26.0. The van der Waals surface area contributed by atoms with E-state index in [0.717, 1.165) is 61.6 Å². The average molecular weight is 515 g/mol. The number of H-pyrrole nitrogens is 1. The van der Waals surface area contributed by atoms with E-state index in [2.05, 4.69) is 48.9 Å². The molecule has 0 radical (unpaired) electrons. The highest BCUT2D eigenvalue weighted by Gasteiger charge is 2.36. The summed E-state index contributed by atoms with van der Waals surface area (Å²) in [5, 5.41) is 12.8. The second-order valence-corrected chi connectivity index (χ2v) is 10.8. The number of carbonyl (C=O) groups is 2. The zero-order valence-electron chi connectivity index (χ0n) is 21.5. The maximum atomic E-state index is 13.1. The second kappa shape index (κ2) is 10.6. The van der Waals surface area contributed by atoms with E-state index in [4.69, 9.17) is 4.74 Å². The Morgan fingerprint density at radius 1 is 1.08 bits per heavy atom. The van der Waals surface area contributed by atoms with E-state index in [0.29, 0.717) is 30.5 Å². The van der Waals surface area contributed by atoms with Gasteiger partial charge in [0.1, 0.15) is 11.9 Å². The van der Waals surface area contributed by atoms with Crippen LogP contribution in [0.25, 0.3) is 0 Å². The van der Waals surface area contributed by atoms with Crippen molar-refractivity contribution in [2.75, 3.05) is 36.5 Å². The number of nitrogens with one attached hydrogen (secondary N) is 3. The number of hydrogen-bond acceptors (Lipinski definition) is 6. The molecule has 9 heteroatoms. The zero-order valence-corrected chi connectivity index (χ0v) is 21.5. The van der Waals surface area contributed by atoms with Crippen molar-refractivity contribution in [3.05, 3.63) is 71.3 Å². The molecule has 1 spiro atoms. The number of fused-ring (bicyclic) bond motifs is 1. The van der Waals surface area contributed by atoms with Crippen molar-refractivity contribution in [3.63, 3.8) is 0 Å². The molecular formula is C29H34N6O3. The van der Waals surface area contributed by atoms with Gasteiger partial charge in [-0.15, -0.1) is 5.10 Å². The van der Waals surface area contributed by atoms with Crippen LogP contribution in [0.1, 0.15) is 59.7 Å². The summed E-state index contributed by atoms with van der Waals surface area (Å²) < 4.78 is 5.58. The Kier molecular flexibility index (Phi) is 6.84. The van der Waals surface area contributed by atoms with Crippen molar-refractivity contribution >= 4 is 23.2 Å². The number of carbonyl (C=O) groups excluding carboxylic acids is 2. The van der Waals surface area contributed by atoms with Gasteiger partial charge in [0.2, 0.25) is 11.7 Å². The van der Waals surface area contributed by atoms with Gasteiger partial charge >= 0.3 is 0 Å². The third-order valence-electron chi connectivity index (χ3n) is 8.37. The van der Waals surface area contributed by atoms with Crippen molar-refractivity contribution in [3.8, 4) is 0 Å². The number of anilines is 2. The summed E-state index contributed by atoms with van der Waals surface area (Å²) in [6, 6.07) is 15.6. The molecular weight excluding hydrogens is 480 g/mol. The Morgan fingerprint density at radius 2 is 1.87 bits per heavy atom. The lowest BCUT2D eigenvalue weighted by Gasteiger charge is -2.45. The largest absolute Gasteiger partial charge is 0.381 e. The summed E-state index contributed by atoms with van der Waals surface area (Å²) in [4.78, 5) is 32.7. The number of hydrogen-bond donors (Lipinski definition) is 3. The lowest BCUT2D eigenvalue weighted by atomic mass is 9.72. The number of aromatic nitrogens is 3. The van der Waals surface area contributed by atoms with Crippen molar-refractivity contribution in [1.29, 1.82) is 0 Å². The van der Waals surface area contributed by atoms with Crippen LogP contribution in [0.5, 0.6) is 0 Å². The van der Waals surface area contributed by atoms with Gasteiger partial charge in [-0.1, -0.05) is 36.4 Å². The number of aryl methyl sites for hydroxylation is 1. The summed E-state index contributed by atoms with van der Waals surface area (Å²) in [5.74, 6) is -0.0240. The molecule has 1 aromatic heterocycles. The van der Waals surface area contributed by atoms with Crippen molar-refractivity contribution in [2.24, 2.45) is 5.41 Å². The second-order valence-electron chi connectivity index (χ2n) is 10.8. The number of aromatic amines is 1. The van der Waals surface area contributed by atoms with E-state index in [1.54, 1.807) is 0 Å². The Morgan fingerprint density at radius 3 is 2.66 bits per heavy atom. The maximum absolute atomic E-state index is 13.1. The van der Waals surface area contributed by atoms with Crippen LogP contribution >= 0.6 is 0 Å². The molecule has 0 aliphatic carbocycles. The Labute approximate surface area is 222 Å². The molecule has 3 N–H and O–H groups in total. The number of rotatable bonds is 5. The molecule has 2 fully saturated rings. The number of piperidine rings is 1. The summed E-state index contributed by atoms with van der Waals surface area (Å²) in [5.41, 5.74) is 4.56. The van der Waals surface area contributed by atoms with Gasteiger partial charge in [-0.2, -0.15) is 0 Å². The molecule has 198 valence electrons. The molecule has 2 aromatic carbocycles. The Hall–Kier alpha value is -3.72. The van der Waals surface area contributed by atoms with E-state index in [1.165, 1.54) is 12.8 Å². The van der Waals surface area contributed by atoms with Crippen molar-refractivity contribution < 1.29 is 14.3 Å². The van der Waals surface area contributed by atoms with Gasteiger partial charge in [0.05, 0.1) is 0 Å². The molecule has 0 unspecified atom stereocenters. The molecule has 3 aliphatic heterocycles. The van der Waals surface area contributed by atoms with Crippen LogP contribution in [-0.4, -0.2) is 59.3 Å². The predicted molar refractivity (Wildman–Crippen MR) is 144 cm³/mol. The molecule has 6 rings (SSSR count). The van der Waals surface area contributed by atoms with Crippen LogP contribution in [-0.2, 0) is 22.4 Å². The first-order chi connectivity index (χ1) is 18.6. The third kappa shape index (κ3) is 5.29. The fourth-order valence-electron chi connectivity index (χ4n) is 5.92. The van der Waals surface area contributed by atoms with E-state index in [1.807, 2.05) is 30.3 Å². The summed E-state index contributed by atoms with van der Waals surface area (Å²) in [7, 11) is 0. The smallest absolute Gasteiger partial charge is 0.291 e. The summed E-state index contributed by atoms with van der Waals surface area (Å²) >= 11 is 0. The van der Waals surface area contributed by atoms with Gasteiger partial charge in [0, 0.05) is 44.1 Å². The van der Waals surface area contributed by atoms with Gasteiger partial charge < -0.3 is 20.3 Å². The SMILES string of the molecule is O=C(N[C@H]1CCc2ccc(N3CCC4(CCOCC4)CC3)cc2NC1=O)c1n[nH]c(Cc2ccccc2)n1. The van der Waals surface area contributed by atoms with E-state index in [-0.39, 0.29) is 11.7 Å². The predicted octanol–water partition coefficient (Wildman–Crippen LogP) is 3.48. The highest BCUT2D eigenvalue weighted by Crippen LogP contribution is 2.42. The van der Waals surface area contributed by atoms with Gasteiger partial charge in [-0.25, -0.2) is 4.98 Å². The minimum Gasteiger partial charge on any atom is -0.381 e. The summed E-state index contributed by atoms with van der Waals surface area (Å²) in [6.07, 6.45) is 6.45. The van der Waals surface area contributed by atoms with Crippen LogP contribution in [0, 0.1) is 5.41 Å². The van der Waals surface area contributed by atoms with Crippen LogP contribution in [0.2, 0.25) is 0 Å². The van der Waals surface area contributed by atoms with Crippen LogP contribution in [0.3, 0.4) is 0 Å². The highest BCUT2D eigenvalue weighted by molar-refractivity contribution is 6.01. The van der Waals surface area contributed by atoms with Gasteiger partial charge in [0.15, 0.2) is 0 Å². The molecule has 0 bridgehead atoms. The van der Waals surface area contributed by atoms with Gasteiger partial charge in [-0.3, -0.25) is 14.7 Å². The fraction of sp³-hybridized carbons (Fsp3) is 0.448. The molecule has 2 amide bonds. The molecule has 4 heterocycles. The lowest BCUT2D eigenvalue weighted by molar-refractivity contribution is -0.118. The summed E-state index contributed by atoms with van der Waals surface area (Å²) in [6.45, 7) is 3.81. The standard InChI is InChI=1S/C29H34N6O3/c36-27-23(30-28(37)26-32-25(33-34-26)18-20-4-2-1-3-5-20)9-7-21-6-8-22(19-24(21)31-27)35-14-10-29(11-15-35)12-16-38-17-13-29/h1-6,8,19,23H,7,9-18H2,(H,30,37)(H,31,36)(H,32,33,34)/t23-/m0/s1. The highest BCUT2D eigenvalue weighted by atomic mass is 16.5. The molecule has 38 heavy (non-hydrogen) atoms. The van der Waals surface area contributed by atoms with Crippen LogP contribution in [0.4, 0.5) is 11.4 Å². The maximum Gasteiger partial charge on any atom is 0.291 e. The minimum absolute atomic E-state index is 0.0418. The number of amides is 2. The van der Waals surface area contributed by atoms with E-state index >= 15 is 0 Å². The quantitative estimate of drug-likeness (QED) is 0.481. The Bertz CT molecular complexity index is 1290. The molecule has 9 nitrogen and oxygen atoms in total. The molecule has 0 saturated carbocycles. The lowest BCUT2D eigenvalue weighted by Crippen LogP contribution is -2.43. The first-order valence-electron chi connectivity index (χ1n) is 13.6. The molecule has 3 aromatic rings. The van der Waals surface area contributed by atoms with Crippen molar-refractivity contribution in [1.82, 2.24) is 20.5 Å². The van der Waals surface area contributed by atoms with Crippen LogP contribution in [0.15, 0.2) is 48.5 Å². The first-order valence-corrected chi connectivity index (χ1v) is 13.6. The first kappa shape index (κ1) is 24.6. The van der Waals surface area contributed by atoms with E-state index in [9.17, 15) is 9.59 Å². The molecule has 1 atom stereocenters. The van der Waals surface area contributed by atoms with Gasteiger partial charge in [0.25, 0.3) is 5.91 Å². The normalized spacial score (nSPS) is 20.9. The average Bonchev–Trinajstić information content (AvgIpc) is 3.35. The van der Waals surface area contributed by atoms with Crippen LogP contribution < -0.4 is 15.5 Å².